The fraction of sp³-hybridized carbons (Fsp3) is 0.120. The smallest absolute Gasteiger partial charge is 0.279 e. The number of aliphatic hydroxyl groups is 1. The second-order valence-electron chi connectivity index (χ2n) is 7.31. The topological polar surface area (TPSA) is 117 Å². The standard InChI is InChI=1S/C25H23N5O2/c1-2-30-21-15-17(23(31)29-22(27)16-26)13-14-20(21)28-24(30)25(32,18-9-5-3-6-10-18)19-11-7-4-8-12-19/h3-16,26,32H,2H2,1H3,(H2,27,29,31). The first kappa shape index (κ1) is 21.1. The molecule has 1 heterocycles. The number of nitrogens with zero attached hydrogens (tertiary/aromatic N) is 3. The van der Waals surface area contributed by atoms with Gasteiger partial charge in [0.15, 0.2) is 11.4 Å². The summed E-state index contributed by atoms with van der Waals surface area (Å²) in [6.45, 7) is 2.48. The highest BCUT2D eigenvalue weighted by atomic mass is 16.3. The molecule has 0 radical (unpaired) electrons. The van der Waals surface area contributed by atoms with Crippen LogP contribution in [0.4, 0.5) is 0 Å². The number of rotatable bonds is 6. The summed E-state index contributed by atoms with van der Waals surface area (Å²) < 4.78 is 1.90. The zero-order valence-corrected chi connectivity index (χ0v) is 17.6. The Morgan fingerprint density at radius 3 is 2.22 bits per heavy atom. The highest BCUT2D eigenvalue weighted by Gasteiger charge is 2.38. The molecule has 0 spiro atoms. The van der Waals surface area contributed by atoms with Crippen molar-refractivity contribution in [3.8, 4) is 0 Å². The van der Waals surface area contributed by atoms with Gasteiger partial charge in [0, 0.05) is 12.1 Å². The second kappa shape index (κ2) is 8.56. The number of aryl methyl sites for hydroxylation is 1. The van der Waals surface area contributed by atoms with Crippen molar-refractivity contribution < 1.29 is 9.90 Å². The molecule has 0 fully saturated rings. The third-order valence-electron chi connectivity index (χ3n) is 5.40. The molecule has 0 saturated carbocycles. The average Bonchev–Trinajstić information content (AvgIpc) is 3.22. The maximum absolute atomic E-state index is 12.5. The lowest BCUT2D eigenvalue weighted by atomic mass is 9.85. The highest BCUT2D eigenvalue weighted by Crippen LogP contribution is 2.37. The third-order valence-corrected chi connectivity index (χ3v) is 5.40. The predicted octanol–water partition coefficient (Wildman–Crippen LogP) is 3.49. The number of fused-ring (bicyclic) bond motifs is 1. The summed E-state index contributed by atoms with van der Waals surface area (Å²) in [5.74, 6) is -0.249. The van der Waals surface area contributed by atoms with Crippen molar-refractivity contribution >= 4 is 29.0 Å². The molecule has 7 nitrogen and oxygen atoms in total. The number of aliphatic imine (C=N–C) groups is 1. The van der Waals surface area contributed by atoms with Crippen LogP contribution in [-0.4, -0.2) is 32.6 Å². The Bertz CT molecular complexity index is 1270. The van der Waals surface area contributed by atoms with Gasteiger partial charge in [0.25, 0.3) is 5.91 Å². The van der Waals surface area contributed by atoms with Gasteiger partial charge in [-0.3, -0.25) is 4.79 Å². The molecule has 0 bridgehead atoms. The monoisotopic (exact) mass is 425 g/mol. The molecule has 1 amide bonds. The van der Waals surface area contributed by atoms with Crippen LogP contribution in [0.3, 0.4) is 0 Å². The van der Waals surface area contributed by atoms with Crippen molar-refractivity contribution in [2.75, 3.05) is 0 Å². The molecule has 4 N–H and O–H groups in total. The van der Waals surface area contributed by atoms with Crippen molar-refractivity contribution in [2.24, 2.45) is 10.7 Å². The molecule has 160 valence electrons. The summed E-state index contributed by atoms with van der Waals surface area (Å²) >= 11 is 0. The summed E-state index contributed by atoms with van der Waals surface area (Å²) in [5, 5.41) is 19.3. The van der Waals surface area contributed by atoms with E-state index < -0.39 is 11.5 Å². The van der Waals surface area contributed by atoms with E-state index >= 15 is 0 Å². The van der Waals surface area contributed by atoms with E-state index in [1.807, 2.05) is 72.2 Å². The summed E-state index contributed by atoms with van der Waals surface area (Å²) in [4.78, 5) is 21.0. The van der Waals surface area contributed by atoms with Crippen LogP contribution in [0.5, 0.6) is 0 Å². The van der Waals surface area contributed by atoms with Gasteiger partial charge in [-0.05, 0) is 36.2 Å². The maximum Gasteiger partial charge on any atom is 0.279 e. The van der Waals surface area contributed by atoms with Crippen molar-refractivity contribution in [1.82, 2.24) is 9.55 Å². The quantitative estimate of drug-likeness (QED) is 0.324. The molecule has 1 aromatic heterocycles. The number of carbonyl (C=O) groups excluding carboxylic acids is 1. The van der Waals surface area contributed by atoms with Crippen molar-refractivity contribution in [3.63, 3.8) is 0 Å². The third kappa shape index (κ3) is 3.59. The molecular formula is C25H23N5O2. The lowest BCUT2D eigenvalue weighted by molar-refractivity contribution is 0.100. The molecule has 4 aromatic rings. The Morgan fingerprint density at radius 2 is 1.69 bits per heavy atom. The second-order valence-corrected chi connectivity index (χ2v) is 7.31. The van der Waals surface area contributed by atoms with Crippen LogP contribution in [0.2, 0.25) is 0 Å². The van der Waals surface area contributed by atoms with Crippen molar-refractivity contribution in [3.05, 3.63) is 101 Å². The van der Waals surface area contributed by atoms with Crippen LogP contribution in [0, 0.1) is 5.41 Å². The van der Waals surface area contributed by atoms with Gasteiger partial charge in [-0.1, -0.05) is 60.7 Å². The van der Waals surface area contributed by atoms with E-state index in [1.165, 1.54) is 0 Å². The number of nitrogens with two attached hydrogens (primary N) is 1. The Hall–Kier alpha value is -4.10. The zero-order valence-electron chi connectivity index (χ0n) is 17.6. The molecule has 0 saturated heterocycles. The average molecular weight is 425 g/mol. The Kier molecular flexibility index (Phi) is 5.66. The van der Waals surface area contributed by atoms with Crippen molar-refractivity contribution in [1.29, 1.82) is 5.41 Å². The molecule has 0 unspecified atom stereocenters. The van der Waals surface area contributed by atoms with E-state index in [-0.39, 0.29) is 5.84 Å². The summed E-state index contributed by atoms with van der Waals surface area (Å²) in [7, 11) is 0. The number of amidine groups is 1. The van der Waals surface area contributed by atoms with E-state index in [2.05, 4.69) is 4.99 Å². The van der Waals surface area contributed by atoms with E-state index in [0.717, 1.165) is 6.21 Å². The van der Waals surface area contributed by atoms with Gasteiger partial charge >= 0.3 is 0 Å². The number of imidazole rings is 1. The number of benzene rings is 3. The molecular weight excluding hydrogens is 402 g/mol. The molecule has 7 heteroatoms. The van der Waals surface area contributed by atoms with Gasteiger partial charge in [0.2, 0.25) is 0 Å². The number of hydrogen-bond acceptors (Lipinski definition) is 4. The molecule has 3 aromatic carbocycles. The van der Waals surface area contributed by atoms with Gasteiger partial charge in [-0.2, -0.15) is 4.99 Å². The minimum absolute atomic E-state index is 0.165. The van der Waals surface area contributed by atoms with Gasteiger partial charge in [-0.25, -0.2) is 4.98 Å². The van der Waals surface area contributed by atoms with E-state index in [0.29, 0.717) is 40.1 Å². The largest absolute Gasteiger partial charge is 0.382 e. The molecule has 0 aliphatic rings. The Morgan fingerprint density at radius 1 is 1.09 bits per heavy atom. The van der Waals surface area contributed by atoms with Crippen LogP contribution >= 0.6 is 0 Å². The molecule has 0 aliphatic carbocycles. The molecule has 0 atom stereocenters. The van der Waals surface area contributed by atoms with Crippen molar-refractivity contribution in [2.45, 2.75) is 19.1 Å². The Balaban J connectivity index is 1.96. The lowest BCUT2D eigenvalue weighted by Crippen LogP contribution is -2.32. The predicted molar refractivity (Wildman–Crippen MR) is 125 cm³/mol. The van der Waals surface area contributed by atoms with Gasteiger partial charge in [0.1, 0.15) is 5.84 Å². The number of nitrogens with one attached hydrogen (secondary N) is 1. The van der Waals surface area contributed by atoms with Crippen LogP contribution in [0.25, 0.3) is 11.0 Å². The zero-order chi connectivity index (χ0) is 22.7. The van der Waals surface area contributed by atoms with Crippen LogP contribution in [-0.2, 0) is 12.1 Å². The first-order valence-corrected chi connectivity index (χ1v) is 10.2. The van der Waals surface area contributed by atoms with Crippen LogP contribution in [0.1, 0.15) is 34.2 Å². The number of hydrogen-bond donors (Lipinski definition) is 3. The number of amides is 1. The first-order chi connectivity index (χ1) is 15.5. The van der Waals surface area contributed by atoms with Crippen LogP contribution < -0.4 is 5.73 Å². The number of carbonyl (C=O) groups is 1. The molecule has 0 aliphatic heterocycles. The summed E-state index contributed by atoms with van der Waals surface area (Å²) in [6, 6.07) is 23.8. The minimum atomic E-state index is -1.50. The summed E-state index contributed by atoms with van der Waals surface area (Å²) in [5.41, 5.74) is 7.06. The van der Waals surface area contributed by atoms with E-state index in [9.17, 15) is 9.90 Å². The fourth-order valence-electron chi connectivity index (χ4n) is 3.85. The maximum atomic E-state index is 12.5. The van der Waals surface area contributed by atoms with Gasteiger partial charge < -0.3 is 20.8 Å². The lowest BCUT2D eigenvalue weighted by Gasteiger charge is -2.29. The first-order valence-electron chi connectivity index (χ1n) is 10.2. The SMILES string of the molecule is CCn1c(C(O)(c2ccccc2)c2ccccc2)nc2ccc(C(=O)N=C(N)C=N)cc21. The molecule has 32 heavy (non-hydrogen) atoms. The van der Waals surface area contributed by atoms with Gasteiger partial charge in [0.05, 0.1) is 17.2 Å². The Labute approximate surface area is 185 Å². The number of aromatic nitrogens is 2. The van der Waals surface area contributed by atoms with E-state index in [4.69, 9.17) is 16.1 Å². The summed E-state index contributed by atoms with van der Waals surface area (Å²) in [6.07, 6.45) is 0.824. The van der Waals surface area contributed by atoms with E-state index in [1.54, 1.807) is 18.2 Å². The molecule has 4 rings (SSSR count). The fourth-order valence-corrected chi connectivity index (χ4v) is 3.85. The van der Waals surface area contributed by atoms with Gasteiger partial charge in [-0.15, -0.1) is 0 Å². The highest BCUT2D eigenvalue weighted by molar-refractivity contribution is 6.30. The van der Waals surface area contributed by atoms with Crippen LogP contribution in [0.15, 0.2) is 83.9 Å². The normalized spacial score (nSPS) is 12.1. The minimum Gasteiger partial charge on any atom is -0.382 e.